The molecule has 2 aromatic carbocycles. The predicted molar refractivity (Wildman–Crippen MR) is 107 cm³/mol. The fourth-order valence-corrected chi connectivity index (χ4v) is 2.97. The lowest BCUT2D eigenvalue weighted by Crippen LogP contribution is -2.69. The van der Waals surface area contributed by atoms with Crippen molar-refractivity contribution in [3.05, 3.63) is 77.7 Å². The molecule has 0 aliphatic rings. The van der Waals surface area contributed by atoms with Crippen LogP contribution in [0, 0.1) is 12.7 Å². The van der Waals surface area contributed by atoms with Gasteiger partial charge in [0.2, 0.25) is 0 Å². The minimum atomic E-state index is -5.39. The van der Waals surface area contributed by atoms with Crippen LogP contribution in [-0.4, -0.2) is 40.6 Å². The maximum absolute atomic E-state index is 14.3. The van der Waals surface area contributed by atoms with Gasteiger partial charge in [0.25, 0.3) is 5.91 Å². The summed E-state index contributed by atoms with van der Waals surface area (Å²) in [7, 11) is 0.736. The number of benzene rings is 2. The van der Waals surface area contributed by atoms with Gasteiger partial charge in [-0.15, -0.1) is 0 Å². The lowest BCUT2D eigenvalue weighted by Gasteiger charge is -2.35. The van der Waals surface area contributed by atoms with E-state index in [9.17, 15) is 27.2 Å². The molecule has 0 saturated heterocycles. The largest absolute Gasteiger partial charge is 0.466 e. The molecule has 32 heavy (non-hydrogen) atoms. The summed E-state index contributed by atoms with van der Waals surface area (Å²) >= 11 is 0. The van der Waals surface area contributed by atoms with Crippen LogP contribution in [0.1, 0.15) is 16.1 Å². The van der Waals surface area contributed by atoms with Crippen molar-refractivity contribution in [1.29, 1.82) is 0 Å². The summed E-state index contributed by atoms with van der Waals surface area (Å²) in [5.41, 5.74) is -3.69. The first-order valence-corrected chi connectivity index (χ1v) is 9.21. The van der Waals surface area contributed by atoms with Gasteiger partial charge in [0.05, 0.1) is 24.1 Å². The van der Waals surface area contributed by atoms with Crippen molar-refractivity contribution in [2.24, 2.45) is 0 Å². The Morgan fingerprint density at radius 3 is 2.25 bits per heavy atom. The van der Waals surface area contributed by atoms with Gasteiger partial charge in [-0.25, -0.2) is 13.9 Å². The van der Waals surface area contributed by atoms with E-state index in [0.29, 0.717) is 11.4 Å². The second kappa shape index (κ2) is 8.69. The highest BCUT2D eigenvalue weighted by Crippen LogP contribution is 2.34. The Hall–Kier alpha value is -3.89. The number of rotatable bonds is 6. The van der Waals surface area contributed by atoms with E-state index < -0.39 is 35.1 Å². The number of nitrogens with one attached hydrogen (secondary N) is 2. The summed E-state index contributed by atoms with van der Waals surface area (Å²) in [6.45, 7) is 1.54. The van der Waals surface area contributed by atoms with Crippen LogP contribution in [0.3, 0.4) is 0 Å². The Morgan fingerprint density at radius 1 is 1.03 bits per heavy atom. The number of carbonyl (C=O) groups excluding carboxylic acids is 2. The Kier molecular flexibility index (Phi) is 6.19. The molecule has 3 aromatic rings. The van der Waals surface area contributed by atoms with Gasteiger partial charge in [0.15, 0.2) is 0 Å². The van der Waals surface area contributed by atoms with Crippen molar-refractivity contribution in [3.63, 3.8) is 0 Å². The third kappa shape index (κ3) is 4.27. The lowest BCUT2D eigenvalue weighted by atomic mass is 10.1. The first-order chi connectivity index (χ1) is 15.1. The first kappa shape index (κ1) is 22.8. The summed E-state index contributed by atoms with van der Waals surface area (Å²) in [4.78, 5) is 25.0. The molecule has 0 aliphatic heterocycles. The minimum Gasteiger partial charge on any atom is -0.466 e. The summed E-state index contributed by atoms with van der Waals surface area (Å²) in [5.74, 6) is -4.64. The summed E-state index contributed by atoms with van der Waals surface area (Å²) in [5, 5.41) is 7.77. The highest BCUT2D eigenvalue weighted by atomic mass is 19.4. The van der Waals surface area contributed by atoms with E-state index in [0.717, 1.165) is 23.9 Å². The van der Waals surface area contributed by atoms with E-state index in [1.54, 1.807) is 35.6 Å². The number of methoxy groups -OCH3 is 1. The molecule has 0 unspecified atom stereocenters. The number of ether oxygens (including phenoxy) is 1. The van der Waals surface area contributed by atoms with Crippen molar-refractivity contribution in [2.75, 3.05) is 12.4 Å². The van der Waals surface area contributed by atoms with Gasteiger partial charge < -0.3 is 15.4 Å². The number of aromatic nitrogens is 2. The second-order valence-corrected chi connectivity index (χ2v) is 6.72. The average Bonchev–Trinajstić information content (AvgIpc) is 3.12. The molecule has 3 rings (SSSR count). The molecule has 0 spiro atoms. The smallest absolute Gasteiger partial charge is 0.441 e. The van der Waals surface area contributed by atoms with E-state index >= 15 is 0 Å². The molecule has 1 aromatic heterocycles. The number of nitrogens with zero attached hydrogens (tertiary/aromatic N) is 2. The number of hydrogen-bond donors (Lipinski definition) is 2. The van der Waals surface area contributed by atoms with Crippen molar-refractivity contribution in [1.82, 2.24) is 15.1 Å². The van der Waals surface area contributed by atoms with Crippen LogP contribution >= 0.6 is 0 Å². The fraction of sp³-hybridized carbons (Fsp3) is 0.190. The van der Waals surface area contributed by atoms with Crippen molar-refractivity contribution < 1.29 is 31.9 Å². The van der Waals surface area contributed by atoms with Gasteiger partial charge in [-0.3, -0.25) is 4.79 Å². The highest BCUT2D eigenvalue weighted by molar-refractivity contribution is 5.99. The standard InChI is InChI=1S/C21H18F4N4O3/c1-13-12-17(29(28-13)14-8-4-3-5-9-14)26-20(19(31)32-2,21(23,24)25)27-18(30)15-10-6-7-11-16(15)22/h3-12,26H,1-2H3,(H,27,30)/t20-/m0/s1. The number of aryl methyl sites for hydroxylation is 1. The van der Waals surface area contributed by atoms with E-state index in [1.807, 2.05) is 5.32 Å². The van der Waals surface area contributed by atoms with Crippen LogP contribution in [0.2, 0.25) is 0 Å². The SMILES string of the molecule is COC(=O)[C@@](NC(=O)c1ccccc1F)(Nc1cc(C)nn1-c1ccccc1)C(F)(F)F. The molecule has 11 heteroatoms. The quantitative estimate of drug-likeness (QED) is 0.341. The molecule has 0 saturated carbocycles. The lowest BCUT2D eigenvalue weighted by molar-refractivity contribution is -0.203. The van der Waals surface area contributed by atoms with Gasteiger partial charge in [0.1, 0.15) is 11.6 Å². The Bertz CT molecular complexity index is 1130. The number of anilines is 1. The number of para-hydroxylation sites is 1. The topological polar surface area (TPSA) is 85.2 Å². The molecule has 168 valence electrons. The third-order valence-electron chi connectivity index (χ3n) is 4.48. The predicted octanol–water partition coefficient (Wildman–Crippen LogP) is 3.59. The van der Waals surface area contributed by atoms with E-state index in [4.69, 9.17) is 0 Å². The molecule has 7 nitrogen and oxygen atoms in total. The number of halogens is 4. The van der Waals surface area contributed by atoms with Crippen LogP contribution in [0.25, 0.3) is 5.69 Å². The zero-order valence-corrected chi connectivity index (χ0v) is 16.9. The van der Waals surface area contributed by atoms with Crippen LogP contribution < -0.4 is 10.6 Å². The maximum Gasteiger partial charge on any atom is 0.441 e. The van der Waals surface area contributed by atoms with Gasteiger partial charge in [-0.2, -0.15) is 18.3 Å². The normalized spacial score (nSPS) is 13.2. The third-order valence-corrected chi connectivity index (χ3v) is 4.48. The van der Waals surface area contributed by atoms with Crippen LogP contribution in [0.4, 0.5) is 23.4 Å². The van der Waals surface area contributed by atoms with E-state index in [-0.39, 0.29) is 5.82 Å². The summed E-state index contributed by atoms with van der Waals surface area (Å²) < 4.78 is 62.5. The molecule has 1 atom stereocenters. The van der Waals surface area contributed by atoms with Gasteiger partial charge in [-0.1, -0.05) is 30.3 Å². The molecule has 1 amide bonds. The maximum atomic E-state index is 14.3. The summed E-state index contributed by atoms with van der Waals surface area (Å²) in [6.07, 6.45) is -5.39. The van der Waals surface area contributed by atoms with E-state index in [1.165, 1.54) is 25.1 Å². The van der Waals surface area contributed by atoms with Crippen LogP contribution in [-0.2, 0) is 9.53 Å². The van der Waals surface area contributed by atoms with Crippen molar-refractivity contribution in [2.45, 2.75) is 18.8 Å². The van der Waals surface area contributed by atoms with Crippen molar-refractivity contribution >= 4 is 17.7 Å². The van der Waals surface area contributed by atoms with Crippen molar-refractivity contribution in [3.8, 4) is 5.69 Å². The number of carbonyl (C=O) groups is 2. The molecule has 0 bridgehead atoms. The molecular weight excluding hydrogens is 432 g/mol. The second-order valence-electron chi connectivity index (χ2n) is 6.72. The minimum absolute atomic E-state index is 0.259. The Labute approximate surface area is 180 Å². The highest BCUT2D eigenvalue weighted by Gasteiger charge is 2.64. The number of esters is 1. The number of amides is 1. The van der Waals surface area contributed by atoms with Crippen LogP contribution in [0.5, 0.6) is 0 Å². The van der Waals surface area contributed by atoms with Gasteiger partial charge in [-0.05, 0) is 31.2 Å². The molecule has 0 fully saturated rings. The number of hydrogen-bond acceptors (Lipinski definition) is 5. The Morgan fingerprint density at radius 2 is 1.66 bits per heavy atom. The fourth-order valence-electron chi connectivity index (χ4n) is 2.97. The van der Waals surface area contributed by atoms with Gasteiger partial charge >= 0.3 is 17.8 Å². The average molecular weight is 450 g/mol. The number of alkyl halides is 3. The van der Waals surface area contributed by atoms with Crippen LogP contribution in [0.15, 0.2) is 60.7 Å². The molecule has 0 aliphatic carbocycles. The van der Waals surface area contributed by atoms with E-state index in [2.05, 4.69) is 9.84 Å². The summed E-state index contributed by atoms with van der Waals surface area (Å²) in [6, 6.07) is 13.9. The monoisotopic (exact) mass is 450 g/mol. The molecule has 0 radical (unpaired) electrons. The first-order valence-electron chi connectivity index (χ1n) is 9.21. The molecular formula is C21H18F4N4O3. The zero-order chi connectivity index (χ0) is 23.5. The van der Waals surface area contributed by atoms with Gasteiger partial charge in [0, 0.05) is 6.07 Å². The molecule has 1 heterocycles. The molecule has 2 N–H and O–H groups in total. The Balaban J connectivity index is 2.12. The zero-order valence-electron chi connectivity index (χ0n) is 16.9.